The number of likely N-dealkylation sites (tertiary alicyclic amines) is 1. The van der Waals surface area contributed by atoms with E-state index in [2.05, 4.69) is 27.2 Å². The number of aromatic nitrogens is 3. The number of aryl methyl sites for hydroxylation is 2. The minimum atomic E-state index is 0.421. The number of nitrogens with one attached hydrogen (secondary N) is 1. The Kier molecular flexibility index (Phi) is 4.34. The number of hydrogen-bond acceptors (Lipinski definition) is 5. The number of nitrogens with zero attached hydrogens (tertiary/aromatic N) is 4. The number of likely N-dealkylation sites (N-methyl/N-ethyl adjacent to an activating group) is 1. The van der Waals surface area contributed by atoms with E-state index in [1.54, 1.807) is 0 Å². The molecule has 5 nitrogen and oxygen atoms in total. The summed E-state index contributed by atoms with van der Waals surface area (Å²) >= 11 is 0. The molecule has 1 atom stereocenters. The Balaban J connectivity index is 1.83. The molecule has 3 heterocycles. The number of anilines is 2. The zero-order valence-corrected chi connectivity index (χ0v) is 13.5. The lowest BCUT2D eigenvalue weighted by atomic mass is 9.97. The molecular weight excluding hydrogens is 274 g/mol. The fourth-order valence-electron chi connectivity index (χ4n) is 2.96. The fourth-order valence-corrected chi connectivity index (χ4v) is 2.96. The van der Waals surface area contributed by atoms with Gasteiger partial charge in [0.25, 0.3) is 0 Å². The highest BCUT2D eigenvalue weighted by atomic mass is 15.1. The van der Waals surface area contributed by atoms with Gasteiger partial charge in [0.1, 0.15) is 17.5 Å². The second kappa shape index (κ2) is 6.40. The first-order valence-corrected chi connectivity index (χ1v) is 7.85. The summed E-state index contributed by atoms with van der Waals surface area (Å²) in [6.45, 7) is 6.21. The summed E-state index contributed by atoms with van der Waals surface area (Å²) in [4.78, 5) is 16.2. The second-order valence-corrected chi connectivity index (χ2v) is 6.14. The smallest absolute Gasteiger partial charge is 0.135 e. The predicted molar refractivity (Wildman–Crippen MR) is 88.5 cm³/mol. The Labute approximate surface area is 131 Å². The minimum Gasteiger partial charge on any atom is -0.325 e. The van der Waals surface area contributed by atoms with Crippen molar-refractivity contribution >= 4 is 11.6 Å². The van der Waals surface area contributed by atoms with Crippen LogP contribution in [0.25, 0.3) is 0 Å². The van der Waals surface area contributed by atoms with Crippen molar-refractivity contribution in [3.05, 3.63) is 41.5 Å². The van der Waals surface area contributed by atoms with E-state index < -0.39 is 0 Å². The van der Waals surface area contributed by atoms with Crippen LogP contribution in [0.4, 0.5) is 11.6 Å². The van der Waals surface area contributed by atoms with Crippen molar-refractivity contribution < 1.29 is 0 Å². The van der Waals surface area contributed by atoms with Gasteiger partial charge in [0.05, 0.1) is 0 Å². The highest BCUT2D eigenvalue weighted by Gasteiger charge is 2.22. The van der Waals surface area contributed by atoms with Gasteiger partial charge < -0.3 is 10.2 Å². The predicted octanol–water partition coefficient (Wildman–Crippen LogP) is 3.04. The van der Waals surface area contributed by atoms with Crippen molar-refractivity contribution in [2.75, 3.05) is 25.5 Å². The summed E-state index contributed by atoms with van der Waals surface area (Å²) in [6.07, 6.45) is 2.37. The molecule has 22 heavy (non-hydrogen) atoms. The molecule has 0 spiro atoms. The molecule has 2 aromatic heterocycles. The van der Waals surface area contributed by atoms with E-state index in [0.717, 1.165) is 41.8 Å². The van der Waals surface area contributed by atoms with E-state index in [1.165, 1.54) is 13.0 Å². The van der Waals surface area contributed by atoms with Crippen molar-refractivity contribution in [3.63, 3.8) is 0 Å². The summed E-state index contributed by atoms with van der Waals surface area (Å²) in [5, 5.41) is 3.30. The average Bonchev–Trinajstić information content (AvgIpc) is 2.46. The van der Waals surface area contributed by atoms with Crippen LogP contribution in [0.1, 0.15) is 36.0 Å². The maximum Gasteiger partial charge on any atom is 0.135 e. The van der Waals surface area contributed by atoms with Crippen molar-refractivity contribution in [1.29, 1.82) is 0 Å². The summed E-state index contributed by atoms with van der Waals surface area (Å²) in [7, 11) is 2.16. The third kappa shape index (κ3) is 3.60. The number of rotatable bonds is 3. The van der Waals surface area contributed by atoms with Crippen LogP contribution in [0.15, 0.2) is 24.3 Å². The molecule has 0 radical (unpaired) electrons. The molecule has 1 aliphatic rings. The molecule has 0 aromatic carbocycles. The number of piperidine rings is 1. The summed E-state index contributed by atoms with van der Waals surface area (Å²) in [5.41, 5.74) is 1.98. The normalized spacial score (nSPS) is 19.1. The molecule has 0 unspecified atom stereocenters. The Morgan fingerprint density at radius 1 is 1.09 bits per heavy atom. The van der Waals surface area contributed by atoms with E-state index in [-0.39, 0.29) is 0 Å². The van der Waals surface area contributed by atoms with Crippen LogP contribution < -0.4 is 5.32 Å². The highest BCUT2D eigenvalue weighted by molar-refractivity contribution is 5.52. The molecule has 116 valence electrons. The Morgan fingerprint density at radius 3 is 2.73 bits per heavy atom. The SMILES string of the molecule is Cc1cccc(Nc2cc(C)nc([C@@H]3CCCN(C)C3)n2)n1. The van der Waals surface area contributed by atoms with Crippen LogP contribution in [-0.2, 0) is 0 Å². The van der Waals surface area contributed by atoms with Crippen LogP contribution in [-0.4, -0.2) is 40.0 Å². The van der Waals surface area contributed by atoms with E-state index in [1.807, 2.05) is 38.1 Å². The average molecular weight is 297 g/mol. The molecule has 0 aliphatic carbocycles. The first-order chi connectivity index (χ1) is 10.6. The van der Waals surface area contributed by atoms with Crippen LogP contribution in [0.2, 0.25) is 0 Å². The van der Waals surface area contributed by atoms with Gasteiger partial charge in [0.2, 0.25) is 0 Å². The molecule has 1 fully saturated rings. The van der Waals surface area contributed by atoms with Crippen molar-refractivity contribution in [1.82, 2.24) is 19.9 Å². The fraction of sp³-hybridized carbons (Fsp3) is 0.471. The maximum absolute atomic E-state index is 4.73. The first-order valence-electron chi connectivity index (χ1n) is 7.85. The monoisotopic (exact) mass is 297 g/mol. The molecule has 0 saturated carbocycles. The zero-order valence-electron chi connectivity index (χ0n) is 13.5. The van der Waals surface area contributed by atoms with Gasteiger partial charge in [0.15, 0.2) is 0 Å². The Morgan fingerprint density at radius 2 is 1.95 bits per heavy atom. The third-order valence-electron chi connectivity index (χ3n) is 4.01. The largest absolute Gasteiger partial charge is 0.325 e. The van der Waals surface area contributed by atoms with Gasteiger partial charge in [-0.15, -0.1) is 0 Å². The van der Waals surface area contributed by atoms with Gasteiger partial charge in [0, 0.05) is 29.9 Å². The van der Waals surface area contributed by atoms with Crippen LogP contribution in [0, 0.1) is 13.8 Å². The molecule has 1 saturated heterocycles. The lowest BCUT2D eigenvalue weighted by Gasteiger charge is -2.28. The topological polar surface area (TPSA) is 53.9 Å². The van der Waals surface area contributed by atoms with Crippen LogP contribution >= 0.6 is 0 Å². The van der Waals surface area contributed by atoms with E-state index in [4.69, 9.17) is 4.98 Å². The molecule has 2 aromatic rings. The quantitative estimate of drug-likeness (QED) is 0.943. The molecular formula is C17H23N5. The molecule has 1 N–H and O–H groups in total. The van der Waals surface area contributed by atoms with Gasteiger partial charge in [-0.25, -0.2) is 15.0 Å². The maximum atomic E-state index is 4.73. The lowest BCUT2D eigenvalue weighted by Crippen LogP contribution is -2.31. The molecule has 0 bridgehead atoms. The summed E-state index contributed by atoms with van der Waals surface area (Å²) in [5.74, 6) is 3.02. The molecule has 5 heteroatoms. The van der Waals surface area contributed by atoms with Gasteiger partial charge in [-0.3, -0.25) is 0 Å². The second-order valence-electron chi connectivity index (χ2n) is 6.14. The summed E-state index contributed by atoms with van der Waals surface area (Å²) < 4.78 is 0. The van der Waals surface area contributed by atoms with Gasteiger partial charge in [-0.05, 0) is 52.4 Å². The van der Waals surface area contributed by atoms with E-state index in [0.29, 0.717) is 5.92 Å². The minimum absolute atomic E-state index is 0.421. The highest BCUT2D eigenvalue weighted by Crippen LogP contribution is 2.25. The number of hydrogen-bond donors (Lipinski definition) is 1. The van der Waals surface area contributed by atoms with Gasteiger partial charge >= 0.3 is 0 Å². The third-order valence-corrected chi connectivity index (χ3v) is 4.01. The number of pyridine rings is 1. The van der Waals surface area contributed by atoms with Crippen LogP contribution in [0.3, 0.4) is 0 Å². The molecule has 0 amide bonds. The molecule has 3 rings (SSSR count). The Bertz CT molecular complexity index is 655. The van der Waals surface area contributed by atoms with E-state index >= 15 is 0 Å². The van der Waals surface area contributed by atoms with Crippen molar-refractivity contribution in [3.8, 4) is 0 Å². The zero-order chi connectivity index (χ0) is 15.5. The van der Waals surface area contributed by atoms with Crippen LogP contribution in [0.5, 0.6) is 0 Å². The molecule has 1 aliphatic heterocycles. The lowest BCUT2D eigenvalue weighted by molar-refractivity contribution is 0.246. The first kappa shape index (κ1) is 14.9. The van der Waals surface area contributed by atoms with Gasteiger partial charge in [-0.1, -0.05) is 6.07 Å². The van der Waals surface area contributed by atoms with Crippen molar-refractivity contribution in [2.24, 2.45) is 0 Å². The Hall–Kier alpha value is -2.01. The summed E-state index contributed by atoms with van der Waals surface area (Å²) in [6, 6.07) is 7.91. The van der Waals surface area contributed by atoms with E-state index in [9.17, 15) is 0 Å². The standard InChI is InChI=1S/C17H23N5/c1-12-6-4-8-15(18-12)20-16-10-13(2)19-17(21-16)14-7-5-9-22(3)11-14/h4,6,8,10,14H,5,7,9,11H2,1-3H3,(H,18,19,20,21)/t14-/m1/s1. The van der Waals surface area contributed by atoms with Gasteiger partial charge in [-0.2, -0.15) is 0 Å². The van der Waals surface area contributed by atoms with Crippen molar-refractivity contribution in [2.45, 2.75) is 32.6 Å².